The smallest absolute Gasteiger partial charge is 0.280 e. The Kier molecular flexibility index (Phi) is 5.31. The van der Waals surface area contributed by atoms with E-state index in [1.165, 1.54) is 4.31 Å². The summed E-state index contributed by atoms with van der Waals surface area (Å²) in [5.41, 5.74) is 0. The Morgan fingerprint density at radius 2 is 2.29 bits per heavy atom. The summed E-state index contributed by atoms with van der Waals surface area (Å²) in [4.78, 5) is 4.15. The van der Waals surface area contributed by atoms with Gasteiger partial charge in [0.15, 0.2) is 5.82 Å². The minimum Gasteiger partial charge on any atom is -0.383 e. The number of nitrogens with one attached hydrogen (secondary N) is 1. The quantitative estimate of drug-likeness (QED) is 0.792. The van der Waals surface area contributed by atoms with E-state index in [1.807, 2.05) is 13.8 Å². The van der Waals surface area contributed by atoms with E-state index >= 15 is 0 Å². The topological polar surface area (TPSA) is 97.6 Å². The van der Waals surface area contributed by atoms with E-state index in [0.717, 1.165) is 12.8 Å². The van der Waals surface area contributed by atoms with Crippen molar-refractivity contribution >= 4 is 10.2 Å². The summed E-state index contributed by atoms with van der Waals surface area (Å²) < 4.78 is 38.7. The molecular formula is C12H22N4O4S. The van der Waals surface area contributed by atoms with Crippen molar-refractivity contribution in [2.75, 3.05) is 20.3 Å². The Labute approximate surface area is 125 Å². The van der Waals surface area contributed by atoms with E-state index in [-0.39, 0.29) is 18.5 Å². The molecule has 8 nitrogen and oxygen atoms in total. The van der Waals surface area contributed by atoms with Crippen LogP contribution < -0.4 is 4.72 Å². The lowest BCUT2D eigenvalue weighted by atomic mass is 10.2. The Morgan fingerprint density at radius 1 is 1.52 bits per heavy atom. The Bertz CT molecular complexity index is 557. The van der Waals surface area contributed by atoms with Crippen molar-refractivity contribution in [3.05, 3.63) is 11.7 Å². The van der Waals surface area contributed by atoms with Gasteiger partial charge in [0.1, 0.15) is 0 Å². The highest BCUT2D eigenvalue weighted by molar-refractivity contribution is 7.87. The van der Waals surface area contributed by atoms with Crippen molar-refractivity contribution < 1.29 is 17.7 Å². The zero-order chi connectivity index (χ0) is 15.5. The average Bonchev–Trinajstić information content (AvgIpc) is 3.06. The second-order valence-corrected chi connectivity index (χ2v) is 7.10. The Morgan fingerprint density at radius 3 is 2.90 bits per heavy atom. The van der Waals surface area contributed by atoms with Gasteiger partial charge in [-0.25, -0.2) is 0 Å². The van der Waals surface area contributed by atoms with Gasteiger partial charge in [-0.2, -0.15) is 22.4 Å². The highest BCUT2D eigenvalue weighted by Crippen LogP contribution is 2.20. The summed E-state index contributed by atoms with van der Waals surface area (Å²) >= 11 is 0. The van der Waals surface area contributed by atoms with Gasteiger partial charge in [-0.3, -0.25) is 0 Å². The van der Waals surface area contributed by atoms with E-state index in [2.05, 4.69) is 14.9 Å². The first-order chi connectivity index (χ1) is 9.94. The molecule has 1 aromatic rings. The van der Waals surface area contributed by atoms with Gasteiger partial charge < -0.3 is 9.26 Å². The standard InChI is InChI=1S/C12H22N4O4S/c1-9(2)12-14-11(15-20-12)7-13-21(17,18)16-6-4-5-10(16)8-19-3/h9-10,13H,4-8H2,1-3H3/t10-/m1/s1. The van der Waals surface area contributed by atoms with Gasteiger partial charge in [0, 0.05) is 25.6 Å². The fourth-order valence-electron chi connectivity index (χ4n) is 2.30. The number of rotatable bonds is 7. The molecule has 0 saturated carbocycles. The zero-order valence-corrected chi connectivity index (χ0v) is 13.4. The fraction of sp³-hybridized carbons (Fsp3) is 0.833. The number of hydrogen-bond donors (Lipinski definition) is 1. The van der Waals surface area contributed by atoms with Gasteiger partial charge in [-0.15, -0.1) is 0 Å². The number of ether oxygens (including phenoxy) is 1. The first-order valence-corrected chi connectivity index (χ1v) is 8.46. The molecule has 1 saturated heterocycles. The molecule has 0 unspecified atom stereocenters. The molecule has 1 aliphatic rings. The summed E-state index contributed by atoms with van der Waals surface area (Å²) in [6, 6.07) is -0.107. The third-order valence-electron chi connectivity index (χ3n) is 3.38. The third-order valence-corrected chi connectivity index (χ3v) is 4.99. The molecule has 0 bridgehead atoms. The van der Waals surface area contributed by atoms with Crippen LogP contribution in [0.2, 0.25) is 0 Å². The molecule has 0 spiro atoms. The molecule has 1 aliphatic heterocycles. The molecule has 0 aliphatic carbocycles. The second-order valence-electron chi connectivity index (χ2n) is 5.39. The molecule has 0 aromatic carbocycles. The average molecular weight is 318 g/mol. The second kappa shape index (κ2) is 6.82. The molecule has 1 N–H and O–H groups in total. The van der Waals surface area contributed by atoms with Crippen LogP contribution in [0.1, 0.15) is 44.3 Å². The molecular weight excluding hydrogens is 296 g/mol. The van der Waals surface area contributed by atoms with Crippen LogP contribution in [-0.2, 0) is 21.5 Å². The molecule has 21 heavy (non-hydrogen) atoms. The van der Waals surface area contributed by atoms with Crippen LogP contribution in [0.15, 0.2) is 4.52 Å². The lowest BCUT2D eigenvalue weighted by molar-refractivity contribution is 0.148. The van der Waals surface area contributed by atoms with E-state index < -0.39 is 10.2 Å². The predicted octanol–water partition coefficient (Wildman–Crippen LogP) is 0.638. The van der Waals surface area contributed by atoms with Crippen molar-refractivity contribution in [3.63, 3.8) is 0 Å². The lowest BCUT2D eigenvalue weighted by Crippen LogP contribution is -2.44. The van der Waals surface area contributed by atoms with Gasteiger partial charge in [0.05, 0.1) is 13.2 Å². The third kappa shape index (κ3) is 4.00. The normalized spacial score (nSPS) is 20.5. The van der Waals surface area contributed by atoms with E-state index in [0.29, 0.717) is 24.9 Å². The minimum atomic E-state index is -3.56. The van der Waals surface area contributed by atoms with Crippen molar-refractivity contribution in [1.82, 2.24) is 19.2 Å². The summed E-state index contributed by atoms with van der Waals surface area (Å²) in [5.74, 6) is 0.958. The molecule has 1 aromatic heterocycles. The van der Waals surface area contributed by atoms with Gasteiger partial charge >= 0.3 is 0 Å². The maximum atomic E-state index is 12.3. The number of methoxy groups -OCH3 is 1. The highest BCUT2D eigenvalue weighted by Gasteiger charge is 2.34. The van der Waals surface area contributed by atoms with Crippen LogP contribution in [0.5, 0.6) is 0 Å². The van der Waals surface area contributed by atoms with Crippen LogP contribution in [0.3, 0.4) is 0 Å². The lowest BCUT2D eigenvalue weighted by Gasteiger charge is -2.23. The first-order valence-electron chi connectivity index (χ1n) is 7.02. The van der Waals surface area contributed by atoms with Crippen molar-refractivity contribution in [3.8, 4) is 0 Å². The van der Waals surface area contributed by atoms with E-state index in [1.54, 1.807) is 7.11 Å². The highest BCUT2D eigenvalue weighted by atomic mass is 32.2. The van der Waals surface area contributed by atoms with Gasteiger partial charge in [0.25, 0.3) is 10.2 Å². The monoisotopic (exact) mass is 318 g/mol. The van der Waals surface area contributed by atoms with Gasteiger partial charge in [0.2, 0.25) is 5.89 Å². The molecule has 0 radical (unpaired) electrons. The molecule has 9 heteroatoms. The maximum Gasteiger partial charge on any atom is 0.280 e. The molecule has 2 rings (SSSR count). The summed E-state index contributed by atoms with van der Waals surface area (Å²) in [6.45, 7) is 4.80. The summed E-state index contributed by atoms with van der Waals surface area (Å²) in [5, 5.41) is 3.77. The van der Waals surface area contributed by atoms with Gasteiger partial charge in [-0.05, 0) is 12.8 Å². The number of aromatic nitrogens is 2. The zero-order valence-electron chi connectivity index (χ0n) is 12.6. The van der Waals surface area contributed by atoms with Crippen molar-refractivity contribution in [2.45, 2.75) is 45.2 Å². The van der Waals surface area contributed by atoms with Crippen LogP contribution >= 0.6 is 0 Å². The van der Waals surface area contributed by atoms with Crippen LogP contribution in [0.4, 0.5) is 0 Å². The van der Waals surface area contributed by atoms with Crippen LogP contribution in [-0.4, -0.2) is 49.2 Å². The predicted molar refractivity (Wildman–Crippen MR) is 75.8 cm³/mol. The maximum absolute atomic E-state index is 12.3. The van der Waals surface area contributed by atoms with Crippen molar-refractivity contribution in [1.29, 1.82) is 0 Å². The minimum absolute atomic E-state index is 0.0226. The summed E-state index contributed by atoms with van der Waals surface area (Å²) in [7, 11) is -1.99. The van der Waals surface area contributed by atoms with Gasteiger partial charge in [-0.1, -0.05) is 19.0 Å². The Balaban J connectivity index is 1.97. The number of nitrogens with zero attached hydrogens (tertiary/aromatic N) is 3. The fourth-order valence-corrected chi connectivity index (χ4v) is 3.70. The van der Waals surface area contributed by atoms with Crippen LogP contribution in [0, 0.1) is 0 Å². The Hall–Kier alpha value is -1.03. The largest absolute Gasteiger partial charge is 0.383 e. The molecule has 2 heterocycles. The van der Waals surface area contributed by atoms with E-state index in [4.69, 9.17) is 9.26 Å². The molecule has 1 atom stereocenters. The SMILES string of the molecule is COC[C@H]1CCCN1S(=O)(=O)NCc1noc(C(C)C)n1. The van der Waals surface area contributed by atoms with Crippen LogP contribution in [0.25, 0.3) is 0 Å². The summed E-state index contributed by atoms with van der Waals surface area (Å²) in [6.07, 6.45) is 1.66. The van der Waals surface area contributed by atoms with E-state index in [9.17, 15) is 8.42 Å². The molecule has 0 amide bonds. The molecule has 1 fully saturated rings. The first kappa shape index (κ1) is 16.3. The molecule has 120 valence electrons. The number of hydrogen-bond acceptors (Lipinski definition) is 6. The van der Waals surface area contributed by atoms with Crippen molar-refractivity contribution in [2.24, 2.45) is 0 Å².